The van der Waals surface area contributed by atoms with Gasteiger partial charge in [0.1, 0.15) is 0 Å². The van der Waals surface area contributed by atoms with E-state index in [1.807, 2.05) is 12.1 Å². The molecule has 0 N–H and O–H groups in total. The van der Waals surface area contributed by atoms with E-state index >= 15 is 0 Å². The number of hydrogen-bond acceptors (Lipinski definition) is 3. The van der Waals surface area contributed by atoms with E-state index in [0.29, 0.717) is 11.3 Å². The van der Waals surface area contributed by atoms with Crippen molar-refractivity contribution in [2.45, 2.75) is 33.3 Å². The van der Waals surface area contributed by atoms with E-state index in [9.17, 15) is 0 Å². The van der Waals surface area contributed by atoms with Crippen LogP contribution >= 0.6 is 0 Å². The van der Waals surface area contributed by atoms with Crippen LogP contribution in [0, 0.1) is 26.0 Å². The van der Waals surface area contributed by atoms with E-state index in [4.69, 9.17) is 17.6 Å². The van der Waals surface area contributed by atoms with Crippen LogP contribution < -0.4 is 5.19 Å². The van der Waals surface area contributed by atoms with Gasteiger partial charge in [-0.1, -0.05) is 121 Å². The number of para-hydroxylation sites is 2. The van der Waals surface area contributed by atoms with Gasteiger partial charge in [-0.15, -0.1) is 41.5 Å². The molecular weight excluding hydrogens is 795 g/mol. The molecule has 5 aromatic carbocycles. The van der Waals surface area contributed by atoms with Gasteiger partial charge in [-0.3, -0.25) is 4.98 Å². The molecule has 6 heteroatoms. The summed E-state index contributed by atoms with van der Waals surface area (Å²) in [7, 11) is -1.48. The van der Waals surface area contributed by atoms with Gasteiger partial charge in [0.15, 0.2) is 0 Å². The Kier molecular flexibility index (Phi) is 7.89. The van der Waals surface area contributed by atoms with Crippen LogP contribution in [-0.2, 0) is 20.1 Å². The number of hydrogen-bond donors (Lipinski definition) is 0. The molecule has 0 amide bonds. The fourth-order valence-corrected chi connectivity index (χ4v) is 6.79. The van der Waals surface area contributed by atoms with Crippen LogP contribution in [0.4, 0.5) is 0 Å². The van der Waals surface area contributed by atoms with Gasteiger partial charge in [0.05, 0.1) is 24.9 Å². The van der Waals surface area contributed by atoms with Gasteiger partial charge in [0, 0.05) is 52.1 Å². The average molecular weight is 838 g/mol. The van der Waals surface area contributed by atoms with E-state index in [-0.39, 0.29) is 31.2 Å². The molecule has 1 radical (unpaired) electrons. The van der Waals surface area contributed by atoms with E-state index in [1.54, 1.807) is 12.1 Å². The van der Waals surface area contributed by atoms with Crippen molar-refractivity contribution >= 4 is 35.3 Å². The molecule has 0 fully saturated rings. The zero-order valence-corrected chi connectivity index (χ0v) is 30.7. The van der Waals surface area contributed by atoms with Gasteiger partial charge in [-0.25, -0.2) is 0 Å². The Hall–Kier alpha value is -4.87. The average Bonchev–Trinajstić information content (AvgIpc) is 3.76. The van der Waals surface area contributed by atoms with Gasteiger partial charge in [0.25, 0.3) is 0 Å². The summed E-state index contributed by atoms with van der Waals surface area (Å²) in [5.74, 6) is 0.847. The number of aromatic nitrogens is 3. The molecule has 0 aliphatic carbocycles. The summed E-state index contributed by atoms with van der Waals surface area (Å²) >= 11 is 0. The Labute approximate surface area is 311 Å². The standard InChI is InChI=1S/C30H25N2OSi.C13H12N.Ir/c1-34(2,3)24-17-18-29-25(19-24)26(20-33-29)30-31-27-11-7-8-12-28(27)32(30)23-15-13-22(14-16-23)21-9-5-4-6-10-21;1-10-3-6-12(7-4-10)13-8-5-11(2)9-14-13;/h4-19H,1-3H3;3-6,8-9H,1-2H3;/q2*-1;/i;1D3,2D3;. The molecular formula is C43H37IrN3OSi-2. The number of pyridine rings is 1. The van der Waals surface area contributed by atoms with E-state index in [0.717, 1.165) is 39.1 Å². The minimum atomic E-state index is -2.18. The second-order valence-corrected chi connectivity index (χ2v) is 17.7. The third-order valence-electron chi connectivity index (χ3n) is 8.25. The second kappa shape index (κ2) is 14.3. The van der Waals surface area contributed by atoms with Crippen molar-refractivity contribution in [3.05, 3.63) is 157 Å². The van der Waals surface area contributed by atoms with Crippen molar-refractivity contribution in [2.75, 3.05) is 0 Å². The van der Waals surface area contributed by atoms with Crippen LogP contribution in [0.2, 0.25) is 19.6 Å². The summed E-state index contributed by atoms with van der Waals surface area (Å²) in [5, 5.41) is 2.46. The zero-order valence-electron chi connectivity index (χ0n) is 33.3. The van der Waals surface area contributed by atoms with E-state index in [1.165, 1.54) is 40.7 Å². The summed E-state index contributed by atoms with van der Waals surface area (Å²) in [6.45, 7) is 2.75. The second-order valence-electron chi connectivity index (χ2n) is 12.6. The molecule has 0 unspecified atom stereocenters. The van der Waals surface area contributed by atoms with Gasteiger partial charge in [-0.2, -0.15) is 0 Å². The third-order valence-corrected chi connectivity index (χ3v) is 10.3. The first-order valence-electron chi connectivity index (χ1n) is 18.7. The monoisotopic (exact) mass is 838 g/mol. The first kappa shape index (κ1) is 27.0. The maximum atomic E-state index is 7.28. The normalized spacial score (nSPS) is 13.5. The number of imidazole rings is 1. The minimum Gasteiger partial charge on any atom is -0.557 e. The quantitative estimate of drug-likeness (QED) is 0.128. The Morgan fingerprint density at radius 3 is 2.18 bits per heavy atom. The van der Waals surface area contributed by atoms with Gasteiger partial charge >= 0.3 is 0 Å². The first-order valence-corrected chi connectivity index (χ1v) is 19.2. The van der Waals surface area contributed by atoms with E-state index in [2.05, 4.69) is 126 Å². The maximum Gasteiger partial charge on any atom is 0.0774 e. The van der Waals surface area contributed by atoms with Crippen molar-refractivity contribution in [2.24, 2.45) is 0 Å². The zero-order chi connectivity index (χ0) is 38.3. The smallest absolute Gasteiger partial charge is 0.0774 e. The fourth-order valence-electron chi connectivity index (χ4n) is 5.63. The number of furan rings is 1. The molecule has 49 heavy (non-hydrogen) atoms. The molecule has 0 bridgehead atoms. The number of benzene rings is 5. The van der Waals surface area contributed by atoms with E-state index < -0.39 is 21.8 Å². The van der Waals surface area contributed by atoms with Crippen LogP contribution in [0.1, 0.15) is 19.4 Å². The summed E-state index contributed by atoms with van der Waals surface area (Å²) < 4.78 is 51.7. The molecule has 8 aromatic rings. The molecule has 0 spiro atoms. The predicted molar refractivity (Wildman–Crippen MR) is 202 cm³/mol. The minimum absolute atomic E-state index is 0. The number of nitrogens with zero attached hydrogens (tertiary/aromatic N) is 3. The Bertz CT molecular complexity index is 2480. The Balaban J connectivity index is 0.000000211. The molecule has 0 saturated heterocycles. The van der Waals surface area contributed by atoms with Crippen LogP contribution in [0.3, 0.4) is 0 Å². The maximum absolute atomic E-state index is 7.28. The van der Waals surface area contributed by atoms with Gasteiger partial charge < -0.3 is 14.0 Å². The molecule has 3 aromatic heterocycles. The predicted octanol–water partition coefficient (Wildman–Crippen LogP) is 10.6. The van der Waals surface area contributed by atoms with Crippen LogP contribution in [0.25, 0.3) is 61.5 Å². The number of rotatable bonds is 5. The van der Waals surface area contributed by atoms with Gasteiger partial charge in [-0.05, 0) is 53.5 Å². The topological polar surface area (TPSA) is 43.9 Å². The molecule has 0 aliphatic heterocycles. The number of fused-ring (bicyclic) bond motifs is 2. The van der Waals surface area contributed by atoms with Gasteiger partial charge in [0.2, 0.25) is 0 Å². The van der Waals surface area contributed by atoms with Crippen LogP contribution in [0.5, 0.6) is 0 Å². The molecule has 4 nitrogen and oxygen atoms in total. The van der Waals surface area contributed by atoms with Crippen LogP contribution in [0.15, 0.2) is 138 Å². The van der Waals surface area contributed by atoms with Crippen LogP contribution in [-0.4, -0.2) is 22.6 Å². The fraction of sp³-hybridized carbons (Fsp3) is 0.116. The number of aryl methyl sites for hydroxylation is 2. The molecule has 0 aliphatic rings. The SMILES string of the molecule is C[Si](C)(C)c1ccc2o[c-]c(-c3nc4ccccc4n3-c3ccc(-c4ccccc4)cc3)c2c1.[2H]C([2H])([2H])c1c[c-]c(-c2ccc(C([2H])([2H])[2H])cn2)cc1.[Ir]. The molecule has 0 atom stereocenters. The van der Waals surface area contributed by atoms with Crippen molar-refractivity contribution in [1.82, 2.24) is 14.5 Å². The summed E-state index contributed by atoms with van der Waals surface area (Å²) in [6, 6.07) is 44.4. The summed E-state index contributed by atoms with van der Waals surface area (Å²) in [5.41, 5.74) is 8.77. The third kappa shape index (κ3) is 7.28. The Morgan fingerprint density at radius 2 is 1.49 bits per heavy atom. The summed E-state index contributed by atoms with van der Waals surface area (Å²) in [4.78, 5) is 9.11. The Morgan fingerprint density at radius 1 is 0.755 bits per heavy atom. The molecule has 8 rings (SSSR count). The molecule has 245 valence electrons. The largest absolute Gasteiger partial charge is 0.557 e. The molecule has 0 saturated carbocycles. The van der Waals surface area contributed by atoms with Crippen molar-refractivity contribution in [3.63, 3.8) is 0 Å². The first-order chi connectivity index (χ1) is 25.7. The van der Waals surface area contributed by atoms with Crippen molar-refractivity contribution < 1.29 is 32.7 Å². The van der Waals surface area contributed by atoms with Crippen molar-refractivity contribution in [3.8, 4) is 39.5 Å². The molecule has 3 heterocycles. The van der Waals surface area contributed by atoms with Crippen molar-refractivity contribution in [1.29, 1.82) is 0 Å². The summed E-state index contributed by atoms with van der Waals surface area (Å²) in [6.07, 6.45) is 4.47.